The molecule has 3 N–H and O–H groups in total. The highest BCUT2D eigenvalue weighted by atomic mass is 16.2. The maximum Gasteiger partial charge on any atom is 0.241 e. The number of nitrogen functional groups attached to an aromatic ring is 1. The van der Waals surface area contributed by atoms with E-state index in [9.17, 15) is 4.79 Å². The van der Waals surface area contributed by atoms with E-state index < -0.39 is 0 Å². The van der Waals surface area contributed by atoms with E-state index in [1.165, 1.54) is 4.68 Å². The summed E-state index contributed by atoms with van der Waals surface area (Å²) in [6.45, 7) is 5.31. The summed E-state index contributed by atoms with van der Waals surface area (Å²) >= 11 is 0. The topological polar surface area (TPSA) is 104 Å². The van der Waals surface area contributed by atoms with Crippen molar-refractivity contribution in [3.8, 4) is 0 Å². The molecule has 1 amide bonds. The van der Waals surface area contributed by atoms with Crippen molar-refractivity contribution >= 4 is 11.7 Å². The molecule has 0 aliphatic heterocycles. The number of hydrogen-bond donors (Lipinski definition) is 2. The van der Waals surface area contributed by atoms with Crippen LogP contribution in [0.1, 0.15) is 18.4 Å². The zero-order valence-electron chi connectivity index (χ0n) is 11.7. The Morgan fingerprint density at radius 1 is 1.50 bits per heavy atom. The van der Waals surface area contributed by atoms with Gasteiger partial charge in [0.05, 0.1) is 5.69 Å². The van der Waals surface area contributed by atoms with Crippen LogP contribution in [-0.2, 0) is 24.3 Å². The van der Waals surface area contributed by atoms with Crippen molar-refractivity contribution in [3.05, 3.63) is 23.9 Å². The van der Waals surface area contributed by atoms with Crippen LogP contribution < -0.4 is 11.1 Å². The highest BCUT2D eigenvalue weighted by Crippen LogP contribution is 2.04. The van der Waals surface area contributed by atoms with Gasteiger partial charge in [0, 0.05) is 25.6 Å². The summed E-state index contributed by atoms with van der Waals surface area (Å²) in [5.74, 6) is 1.23. The summed E-state index contributed by atoms with van der Waals surface area (Å²) in [5, 5.41) is 14.8. The lowest BCUT2D eigenvalue weighted by Gasteiger charge is -2.07. The molecule has 0 unspecified atom stereocenters. The van der Waals surface area contributed by atoms with Gasteiger partial charge in [-0.05, 0) is 13.8 Å². The maximum absolute atomic E-state index is 11.8. The molecule has 2 heterocycles. The molecule has 0 atom stereocenters. The van der Waals surface area contributed by atoms with Gasteiger partial charge < -0.3 is 15.6 Å². The summed E-state index contributed by atoms with van der Waals surface area (Å²) < 4.78 is 3.43. The molecule has 2 aromatic rings. The van der Waals surface area contributed by atoms with Crippen molar-refractivity contribution in [2.45, 2.75) is 33.4 Å². The number of nitrogens with two attached hydrogens (primary N) is 1. The monoisotopic (exact) mass is 277 g/mol. The van der Waals surface area contributed by atoms with Gasteiger partial charge in [-0.1, -0.05) is 0 Å². The zero-order valence-corrected chi connectivity index (χ0v) is 11.7. The summed E-state index contributed by atoms with van der Waals surface area (Å²) in [4.78, 5) is 11.8. The molecule has 0 spiro atoms. The molecule has 0 fully saturated rings. The molecule has 8 nitrogen and oxygen atoms in total. The smallest absolute Gasteiger partial charge is 0.241 e. The fourth-order valence-electron chi connectivity index (χ4n) is 1.93. The van der Waals surface area contributed by atoms with E-state index >= 15 is 0 Å². The van der Waals surface area contributed by atoms with Crippen LogP contribution in [0.25, 0.3) is 0 Å². The number of carbonyl (C=O) groups excluding carboxylic acids is 1. The SMILES string of the molecule is CCn1cnnc1CCNC(=O)Cn1nc(C)cc1N. The van der Waals surface area contributed by atoms with Gasteiger partial charge in [0.25, 0.3) is 0 Å². The molecule has 0 radical (unpaired) electrons. The Hall–Kier alpha value is -2.38. The first-order valence-corrected chi connectivity index (χ1v) is 6.53. The quantitative estimate of drug-likeness (QED) is 0.757. The summed E-state index contributed by atoms with van der Waals surface area (Å²) in [6, 6.07) is 1.73. The molecule has 20 heavy (non-hydrogen) atoms. The normalized spacial score (nSPS) is 10.7. The number of nitrogens with zero attached hydrogens (tertiary/aromatic N) is 5. The molecule has 0 saturated heterocycles. The summed E-state index contributed by atoms with van der Waals surface area (Å²) in [5.41, 5.74) is 6.53. The highest BCUT2D eigenvalue weighted by Gasteiger charge is 2.08. The van der Waals surface area contributed by atoms with E-state index in [-0.39, 0.29) is 12.5 Å². The number of rotatable bonds is 6. The van der Waals surface area contributed by atoms with Crippen LogP contribution in [-0.4, -0.2) is 37.0 Å². The number of aromatic nitrogens is 5. The van der Waals surface area contributed by atoms with Crippen molar-refractivity contribution in [1.82, 2.24) is 29.9 Å². The van der Waals surface area contributed by atoms with Crippen LogP contribution in [0.5, 0.6) is 0 Å². The number of nitrogens with one attached hydrogen (secondary N) is 1. The predicted molar refractivity (Wildman–Crippen MR) is 73.8 cm³/mol. The Labute approximate surface area is 117 Å². The van der Waals surface area contributed by atoms with Gasteiger partial charge in [-0.2, -0.15) is 5.10 Å². The lowest BCUT2D eigenvalue weighted by atomic mass is 10.4. The number of hydrogen-bond acceptors (Lipinski definition) is 5. The molecule has 2 aromatic heterocycles. The van der Waals surface area contributed by atoms with E-state index in [2.05, 4.69) is 20.6 Å². The second-order valence-corrected chi connectivity index (χ2v) is 4.50. The van der Waals surface area contributed by atoms with Gasteiger partial charge >= 0.3 is 0 Å². The van der Waals surface area contributed by atoms with Crippen LogP contribution in [0.15, 0.2) is 12.4 Å². The van der Waals surface area contributed by atoms with Crippen molar-refractivity contribution in [2.75, 3.05) is 12.3 Å². The largest absolute Gasteiger partial charge is 0.384 e. The Morgan fingerprint density at radius 2 is 2.30 bits per heavy atom. The second-order valence-electron chi connectivity index (χ2n) is 4.50. The minimum atomic E-state index is -0.123. The molecule has 0 saturated carbocycles. The fourth-order valence-corrected chi connectivity index (χ4v) is 1.93. The summed E-state index contributed by atoms with van der Waals surface area (Å²) in [7, 11) is 0. The third-order valence-electron chi connectivity index (χ3n) is 2.93. The fraction of sp³-hybridized carbons (Fsp3) is 0.500. The molecule has 0 aliphatic carbocycles. The van der Waals surface area contributed by atoms with Crippen LogP contribution >= 0.6 is 0 Å². The number of anilines is 1. The number of aryl methyl sites for hydroxylation is 2. The average Bonchev–Trinajstić information content (AvgIpc) is 2.96. The molecule has 0 bridgehead atoms. The highest BCUT2D eigenvalue weighted by molar-refractivity contribution is 5.76. The maximum atomic E-state index is 11.8. The van der Waals surface area contributed by atoms with Gasteiger partial charge in [0.2, 0.25) is 5.91 Å². The van der Waals surface area contributed by atoms with Crippen molar-refractivity contribution in [3.63, 3.8) is 0 Å². The third kappa shape index (κ3) is 3.34. The first-order chi connectivity index (χ1) is 9.60. The molecule has 2 rings (SSSR count). The minimum absolute atomic E-state index is 0.123. The molecular weight excluding hydrogens is 258 g/mol. The van der Waals surface area contributed by atoms with Crippen LogP contribution in [0.3, 0.4) is 0 Å². The lowest BCUT2D eigenvalue weighted by Crippen LogP contribution is -2.30. The zero-order chi connectivity index (χ0) is 14.5. The van der Waals surface area contributed by atoms with Gasteiger partial charge in [0.15, 0.2) is 0 Å². The second kappa shape index (κ2) is 6.18. The average molecular weight is 277 g/mol. The standard InChI is InChI=1S/C12H19N7O/c1-3-18-8-15-16-11(18)4-5-14-12(20)7-19-10(13)6-9(2)17-19/h6,8H,3-5,7,13H2,1-2H3,(H,14,20). The van der Waals surface area contributed by atoms with Crippen molar-refractivity contribution < 1.29 is 4.79 Å². The number of amides is 1. The van der Waals surface area contributed by atoms with E-state index in [0.717, 1.165) is 18.1 Å². The molecular formula is C12H19N7O. The van der Waals surface area contributed by atoms with E-state index in [4.69, 9.17) is 5.73 Å². The van der Waals surface area contributed by atoms with Crippen LogP contribution in [0.2, 0.25) is 0 Å². The predicted octanol–water partition coefficient (Wildman–Crippen LogP) is -0.256. The molecule has 0 aliphatic rings. The van der Waals surface area contributed by atoms with E-state index in [1.807, 2.05) is 18.4 Å². The first kappa shape index (κ1) is 14.0. The van der Waals surface area contributed by atoms with Gasteiger partial charge in [-0.15, -0.1) is 10.2 Å². The minimum Gasteiger partial charge on any atom is -0.384 e. The Kier molecular flexibility index (Phi) is 4.34. The Balaban J connectivity index is 1.80. The lowest BCUT2D eigenvalue weighted by molar-refractivity contribution is -0.121. The van der Waals surface area contributed by atoms with Gasteiger partial charge in [0.1, 0.15) is 24.5 Å². The molecule has 8 heteroatoms. The molecule has 0 aromatic carbocycles. The summed E-state index contributed by atoms with van der Waals surface area (Å²) in [6.07, 6.45) is 2.33. The van der Waals surface area contributed by atoms with Crippen molar-refractivity contribution in [2.24, 2.45) is 0 Å². The van der Waals surface area contributed by atoms with E-state index in [1.54, 1.807) is 12.4 Å². The van der Waals surface area contributed by atoms with Crippen molar-refractivity contribution in [1.29, 1.82) is 0 Å². The van der Waals surface area contributed by atoms with Crippen LogP contribution in [0.4, 0.5) is 5.82 Å². The third-order valence-corrected chi connectivity index (χ3v) is 2.93. The van der Waals surface area contributed by atoms with Crippen LogP contribution in [0, 0.1) is 6.92 Å². The first-order valence-electron chi connectivity index (χ1n) is 6.53. The Bertz CT molecular complexity index is 586. The molecule has 108 valence electrons. The Morgan fingerprint density at radius 3 is 2.95 bits per heavy atom. The van der Waals surface area contributed by atoms with Gasteiger partial charge in [-0.3, -0.25) is 4.79 Å². The number of carbonyl (C=O) groups is 1. The van der Waals surface area contributed by atoms with E-state index in [0.29, 0.717) is 18.8 Å². The van der Waals surface area contributed by atoms with Gasteiger partial charge in [-0.25, -0.2) is 4.68 Å².